The van der Waals surface area contributed by atoms with Crippen molar-refractivity contribution >= 4 is 17.8 Å². The van der Waals surface area contributed by atoms with E-state index in [2.05, 4.69) is 15.0 Å². The van der Waals surface area contributed by atoms with Crippen LogP contribution in [0.4, 0.5) is 26.3 Å². The van der Waals surface area contributed by atoms with Crippen LogP contribution in [0.2, 0.25) is 0 Å². The van der Waals surface area contributed by atoms with Gasteiger partial charge in [-0.3, -0.25) is 14.8 Å². The molecule has 1 aliphatic rings. The molecule has 4 rings (SSSR count). The van der Waals surface area contributed by atoms with E-state index in [9.17, 15) is 31.1 Å². The molecule has 3 aromatic rings. The maximum absolute atomic E-state index is 12.5. The van der Waals surface area contributed by atoms with Crippen molar-refractivity contribution in [2.24, 2.45) is 0 Å². The molecule has 0 bridgehead atoms. The number of carboxylic acid groups (broad SMARTS) is 2. The lowest BCUT2D eigenvalue weighted by atomic mass is 9.97. The van der Waals surface area contributed by atoms with E-state index in [1.165, 1.54) is 5.56 Å². The van der Waals surface area contributed by atoms with Gasteiger partial charge in [-0.15, -0.1) is 0 Å². The molecule has 0 fully saturated rings. The highest BCUT2D eigenvalue weighted by Gasteiger charge is 2.38. The van der Waals surface area contributed by atoms with Gasteiger partial charge < -0.3 is 24.8 Å². The summed E-state index contributed by atoms with van der Waals surface area (Å²) in [5, 5.41) is 14.2. The van der Waals surface area contributed by atoms with Gasteiger partial charge >= 0.3 is 24.3 Å². The Balaban J connectivity index is 0.000000333. The van der Waals surface area contributed by atoms with Gasteiger partial charge in [0.25, 0.3) is 5.91 Å². The quantitative estimate of drug-likeness (QED) is 0.387. The normalized spacial score (nSPS) is 12.7. The number of nitrogens with zero attached hydrogens (tertiary/aromatic N) is 3. The lowest BCUT2D eigenvalue weighted by molar-refractivity contribution is -0.193. The number of aromatic nitrogens is 3. The predicted molar refractivity (Wildman–Crippen MR) is 124 cm³/mol. The molecule has 0 radical (unpaired) electrons. The summed E-state index contributed by atoms with van der Waals surface area (Å²) in [7, 11) is 0. The highest BCUT2D eigenvalue weighted by Crippen LogP contribution is 2.23. The summed E-state index contributed by atoms with van der Waals surface area (Å²) in [5.41, 5.74) is 5.17. The van der Waals surface area contributed by atoms with Crippen LogP contribution in [0.25, 0.3) is 0 Å². The second kappa shape index (κ2) is 14.1. The number of hydrogen-bond donors (Lipinski definition) is 3. The first-order chi connectivity index (χ1) is 18.7. The van der Waals surface area contributed by atoms with Crippen molar-refractivity contribution in [3.05, 3.63) is 83.2 Å². The lowest BCUT2D eigenvalue weighted by Crippen LogP contribution is -2.36. The molecular formula is C24H22F6N4O6. The molecule has 3 N–H and O–H groups in total. The van der Waals surface area contributed by atoms with Crippen molar-refractivity contribution in [1.82, 2.24) is 19.9 Å². The van der Waals surface area contributed by atoms with E-state index >= 15 is 0 Å². The second-order valence-electron chi connectivity index (χ2n) is 7.95. The Labute approximate surface area is 222 Å². The number of carbonyl (C=O) groups excluding carboxylic acids is 1. The molecule has 40 heavy (non-hydrogen) atoms. The first kappa shape index (κ1) is 31.7. The third-order valence-electron chi connectivity index (χ3n) is 5.11. The zero-order valence-electron chi connectivity index (χ0n) is 20.4. The number of rotatable bonds is 5. The van der Waals surface area contributed by atoms with Gasteiger partial charge in [-0.1, -0.05) is 0 Å². The summed E-state index contributed by atoms with van der Waals surface area (Å²) in [5.74, 6) is -5.49. The minimum Gasteiger partial charge on any atom is -0.475 e. The maximum atomic E-state index is 12.5. The number of carboxylic acids is 2. The standard InChI is InChI=1S/C20H20N4O2.2C2HF3O2/c25-20(19-2-1-6-23-19)24-9-5-18-16(12-24)10-22-11-17(18)14-26-13-15-3-7-21-8-4-15;2*3-2(4,5)1(6)7/h1-4,6-8,10-11,23H,5,9,12-14H2;2*(H,6,7). The van der Waals surface area contributed by atoms with E-state index in [4.69, 9.17) is 24.5 Å². The highest BCUT2D eigenvalue weighted by molar-refractivity contribution is 5.92. The molecule has 0 unspecified atom stereocenters. The number of carbonyl (C=O) groups is 3. The van der Waals surface area contributed by atoms with E-state index in [0.717, 1.165) is 23.1 Å². The number of halogens is 6. The smallest absolute Gasteiger partial charge is 0.475 e. The number of aliphatic carboxylic acids is 2. The molecule has 10 nitrogen and oxygen atoms in total. The Morgan fingerprint density at radius 3 is 2.05 bits per heavy atom. The fourth-order valence-corrected chi connectivity index (χ4v) is 3.26. The Kier molecular flexibility index (Phi) is 11.2. The van der Waals surface area contributed by atoms with Crippen molar-refractivity contribution < 1.29 is 55.7 Å². The van der Waals surface area contributed by atoms with Crippen LogP contribution in [0.15, 0.2) is 55.2 Å². The van der Waals surface area contributed by atoms with Crippen molar-refractivity contribution in [2.45, 2.75) is 38.5 Å². The maximum Gasteiger partial charge on any atom is 0.490 e. The average Bonchev–Trinajstić information content (AvgIpc) is 3.43. The van der Waals surface area contributed by atoms with E-state index in [-0.39, 0.29) is 5.91 Å². The van der Waals surface area contributed by atoms with Gasteiger partial charge in [0.15, 0.2) is 0 Å². The highest BCUT2D eigenvalue weighted by atomic mass is 19.4. The molecule has 1 aliphatic heterocycles. The molecule has 16 heteroatoms. The Morgan fingerprint density at radius 1 is 0.925 bits per heavy atom. The van der Waals surface area contributed by atoms with Crippen molar-refractivity contribution in [3.63, 3.8) is 0 Å². The summed E-state index contributed by atoms with van der Waals surface area (Å²) in [6.07, 6.45) is -0.326. The molecule has 0 spiro atoms. The molecule has 0 aromatic carbocycles. The second-order valence-corrected chi connectivity index (χ2v) is 7.95. The minimum absolute atomic E-state index is 0.0278. The zero-order valence-corrected chi connectivity index (χ0v) is 20.4. The molecule has 1 amide bonds. The van der Waals surface area contributed by atoms with Crippen molar-refractivity contribution in [3.8, 4) is 0 Å². The number of ether oxygens (including phenoxy) is 1. The van der Waals surface area contributed by atoms with Crippen LogP contribution in [-0.4, -0.2) is 66.8 Å². The van der Waals surface area contributed by atoms with E-state index in [1.54, 1.807) is 24.7 Å². The SMILES string of the molecule is O=C(O)C(F)(F)F.O=C(O)C(F)(F)F.O=C(c1ccc[nH]1)N1CCc2c(COCc3ccncc3)cncc2C1. The number of H-pyrrole nitrogens is 1. The lowest BCUT2D eigenvalue weighted by Gasteiger charge is -2.29. The third kappa shape index (κ3) is 10.0. The number of amides is 1. The van der Waals surface area contributed by atoms with Crippen LogP contribution in [-0.2, 0) is 40.5 Å². The first-order valence-corrected chi connectivity index (χ1v) is 11.1. The fraction of sp³-hybridized carbons (Fsp3) is 0.292. The average molecular weight is 576 g/mol. The largest absolute Gasteiger partial charge is 0.490 e. The summed E-state index contributed by atoms with van der Waals surface area (Å²) in [4.78, 5) is 43.5. The van der Waals surface area contributed by atoms with Gasteiger partial charge in [-0.05, 0) is 52.9 Å². The summed E-state index contributed by atoms with van der Waals surface area (Å²) in [6, 6.07) is 7.54. The van der Waals surface area contributed by atoms with Crippen LogP contribution < -0.4 is 0 Å². The molecule has 3 aromatic heterocycles. The van der Waals surface area contributed by atoms with Crippen LogP contribution >= 0.6 is 0 Å². The monoisotopic (exact) mass is 576 g/mol. The third-order valence-corrected chi connectivity index (χ3v) is 5.11. The van der Waals surface area contributed by atoms with Gasteiger partial charge in [-0.2, -0.15) is 26.3 Å². The van der Waals surface area contributed by atoms with Gasteiger partial charge in [0.2, 0.25) is 0 Å². The predicted octanol–water partition coefficient (Wildman–Crippen LogP) is 3.99. The van der Waals surface area contributed by atoms with Crippen molar-refractivity contribution in [2.75, 3.05) is 6.54 Å². The van der Waals surface area contributed by atoms with E-state index in [0.29, 0.717) is 32.0 Å². The van der Waals surface area contributed by atoms with Gasteiger partial charge in [0, 0.05) is 44.1 Å². The van der Waals surface area contributed by atoms with Crippen LogP contribution in [0.1, 0.15) is 32.7 Å². The minimum atomic E-state index is -5.08. The first-order valence-electron chi connectivity index (χ1n) is 11.1. The van der Waals surface area contributed by atoms with Gasteiger partial charge in [0.1, 0.15) is 5.69 Å². The number of aromatic amines is 1. The van der Waals surface area contributed by atoms with Crippen molar-refractivity contribution in [1.29, 1.82) is 0 Å². The zero-order chi connectivity index (χ0) is 29.9. The Hall–Kier alpha value is -4.47. The number of alkyl halides is 6. The van der Waals surface area contributed by atoms with E-state index < -0.39 is 24.3 Å². The molecule has 0 aliphatic carbocycles. The number of nitrogens with one attached hydrogen (secondary N) is 1. The topological polar surface area (TPSA) is 146 Å². The molecule has 216 valence electrons. The molecule has 4 heterocycles. The fourth-order valence-electron chi connectivity index (χ4n) is 3.26. The Morgan fingerprint density at radius 2 is 1.52 bits per heavy atom. The number of hydrogen-bond acceptors (Lipinski definition) is 6. The number of pyridine rings is 2. The number of fused-ring (bicyclic) bond motifs is 1. The summed E-state index contributed by atoms with van der Waals surface area (Å²) >= 11 is 0. The molecule has 0 saturated carbocycles. The van der Waals surface area contributed by atoms with Gasteiger partial charge in [-0.25, -0.2) is 9.59 Å². The van der Waals surface area contributed by atoms with Crippen LogP contribution in [0.5, 0.6) is 0 Å². The summed E-state index contributed by atoms with van der Waals surface area (Å²) in [6.45, 7) is 2.34. The molecular weight excluding hydrogens is 554 g/mol. The van der Waals surface area contributed by atoms with Crippen LogP contribution in [0, 0.1) is 0 Å². The summed E-state index contributed by atoms with van der Waals surface area (Å²) < 4.78 is 69.3. The van der Waals surface area contributed by atoms with Gasteiger partial charge in [0.05, 0.1) is 13.2 Å². The van der Waals surface area contributed by atoms with E-state index in [1.807, 2.05) is 35.5 Å². The molecule has 0 atom stereocenters. The Bertz CT molecular complexity index is 1240. The van der Waals surface area contributed by atoms with Crippen LogP contribution in [0.3, 0.4) is 0 Å². The molecule has 0 saturated heterocycles.